The number of pyridine rings is 1. The second-order valence-electron chi connectivity index (χ2n) is 3.86. The molecular formula is C11H12N2O6. The van der Waals surface area contributed by atoms with Crippen LogP contribution in [0.2, 0.25) is 0 Å². The van der Waals surface area contributed by atoms with E-state index in [1.807, 2.05) is 5.32 Å². The molecule has 1 atom stereocenters. The van der Waals surface area contributed by atoms with Gasteiger partial charge in [0.15, 0.2) is 5.43 Å². The van der Waals surface area contributed by atoms with Gasteiger partial charge >= 0.3 is 11.9 Å². The van der Waals surface area contributed by atoms with Crippen molar-refractivity contribution in [3.63, 3.8) is 0 Å². The highest BCUT2D eigenvalue weighted by molar-refractivity contribution is 5.97. The summed E-state index contributed by atoms with van der Waals surface area (Å²) in [6, 6.07) is -0.410. The predicted molar refractivity (Wildman–Crippen MR) is 62.9 cm³/mol. The Bertz CT molecular complexity index is 577. The maximum Gasteiger partial charge on any atom is 0.326 e. The second-order valence-corrected chi connectivity index (χ2v) is 3.86. The summed E-state index contributed by atoms with van der Waals surface area (Å²) in [4.78, 5) is 47.1. The molecule has 0 radical (unpaired) electrons. The number of carbonyl (C=O) groups is 3. The first kappa shape index (κ1) is 14.4. The SMILES string of the molecule is Cc1cc(=O)c(C(=O)N[C@@H](CC(=O)O)C(=O)O)c[nH]1. The molecule has 0 bridgehead atoms. The summed E-state index contributed by atoms with van der Waals surface area (Å²) in [5.74, 6) is -3.79. The molecule has 0 saturated heterocycles. The number of carboxylic acids is 2. The third-order valence-corrected chi connectivity index (χ3v) is 2.28. The number of aliphatic carboxylic acids is 2. The highest BCUT2D eigenvalue weighted by atomic mass is 16.4. The number of nitrogens with one attached hydrogen (secondary N) is 2. The molecule has 8 heteroatoms. The average molecular weight is 268 g/mol. The summed E-state index contributed by atoms with van der Waals surface area (Å²) in [6.45, 7) is 1.62. The molecule has 0 aromatic carbocycles. The zero-order chi connectivity index (χ0) is 14.6. The minimum Gasteiger partial charge on any atom is -0.481 e. The molecule has 0 saturated carbocycles. The Morgan fingerprint density at radius 2 is 2.00 bits per heavy atom. The van der Waals surface area contributed by atoms with E-state index in [0.717, 1.165) is 6.20 Å². The molecule has 4 N–H and O–H groups in total. The topological polar surface area (TPSA) is 137 Å². The highest BCUT2D eigenvalue weighted by Gasteiger charge is 2.24. The van der Waals surface area contributed by atoms with E-state index in [9.17, 15) is 19.2 Å². The largest absolute Gasteiger partial charge is 0.481 e. The van der Waals surface area contributed by atoms with E-state index >= 15 is 0 Å². The number of aromatic amines is 1. The van der Waals surface area contributed by atoms with Crippen LogP contribution in [0.25, 0.3) is 0 Å². The van der Waals surface area contributed by atoms with E-state index < -0.39 is 35.7 Å². The van der Waals surface area contributed by atoms with Crippen molar-refractivity contribution in [2.24, 2.45) is 0 Å². The minimum atomic E-state index is -1.59. The van der Waals surface area contributed by atoms with Gasteiger partial charge in [0.05, 0.1) is 6.42 Å². The van der Waals surface area contributed by atoms with Gasteiger partial charge in [-0.25, -0.2) is 4.79 Å². The van der Waals surface area contributed by atoms with Gasteiger partial charge in [0.1, 0.15) is 11.6 Å². The monoisotopic (exact) mass is 268 g/mol. The molecule has 1 aromatic rings. The lowest BCUT2D eigenvalue weighted by molar-refractivity contribution is -0.145. The van der Waals surface area contributed by atoms with Crippen molar-refractivity contribution in [1.82, 2.24) is 10.3 Å². The summed E-state index contributed by atoms with van der Waals surface area (Å²) in [5.41, 5.74) is -0.308. The number of carbonyl (C=O) groups excluding carboxylic acids is 1. The number of aromatic nitrogens is 1. The molecule has 0 spiro atoms. The fourth-order valence-electron chi connectivity index (χ4n) is 1.36. The van der Waals surface area contributed by atoms with Gasteiger partial charge in [0.2, 0.25) is 0 Å². The maximum absolute atomic E-state index is 11.7. The number of amides is 1. The van der Waals surface area contributed by atoms with Gasteiger partial charge in [0.25, 0.3) is 5.91 Å². The van der Waals surface area contributed by atoms with Gasteiger partial charge in [-0.05, 0) is 6.92 Å². The van der Waals surface area contributed by atoms with E-state index in [1.54, 1.807) is 6.92 Å². The Hall–Kier alpha value is -2.64. The Kier molecular flexibility index (Phi) is 4.41. The Morgan fingerprint density at radius 1 is 1.37 bits per heavy atom. The summed E-state index contributed by atoms with van der Waals surface area (Å²) < 4.78 is 0. The molecular weight excluding hydrogens is 256 g/mol. The molecule has 0 aliphatic carbocycles. The van der Waals surface area contributed by atoms with E-state index in [2.05, 4.69) is 4.98 Å². The highest BCUT2D eigenvalue weighted by Crippen LogP contribution is 1.97. The van der Waals surface area contributed by atoms with Gasteiger partial charge in [0, 0.05) is 18.0 Å². The van der Waals surface area contributed by atoms with Crippen LogP contribution in [0.5, 0.6) is 0 Å². The Balaban J connectivity index is 2.91. The summed E-state index contributed by atoms with van der Waals surface area (Å²) in [6.07, 6.45) is 0.373. The fourth-order valence-corrected chi connectivity index (χ4v) is 1.36. The summed E-state index contributed by atoms with van der Waals surface area (Å²) in [7, 11) is 0. The Labute approximate surface area is 107 Å². The van der Waals surface area contributed by atoms with Crippen molar-refractivity contribution >= 4 is 17.8 Å². The predicted octanol–water partition coefficient (Wildman–Crippen LogP) is -0.659. The fraction of sp³-hybridized carbons (Fsp3) is 0.273. The molecule has 0 aliphatic heterocycles. The summed E-state index contributed by atoms with van der Waals surface area (Å²) >= 11 is 0. The number of carboxylic acid groups (broad SMARTS) is 2. The van der Waals surface area contributed by atoms with Crippen LogP contribution in [0.4, 0.5) is 0 Å². The molecule has 0 fully saturated rings. The molecule has 1 aromatic heterocycles. The van der Waals surface area contributed by atoms with E-state index in [-0.39, 0.29) is 5.56 Å². The quantitative estimate of drug-likeness (QED) is 0.559. The molecule has 1 heterocycles. The molecule has 19 heavy (non-hydrogen) atoms. The number of rotatable bonds is 5. The summed E-state index contributed by atoms with van der Waals surface area (Å²) in [5, 5.41) is 19.3. The first-order chi connectivity index (χ1) is 8.81. The number of hydrogen-bond donors (Lipinski definition) is 4. The van der Waals surface area contributed by atoms with E-state index in [1.165, 1.54) is 6.07 Å². The van der Waals surface area contributed by atoms with Crippen molar-refractivity contribution in [2.45, 2.75) is 19.4 Å². The van der Waals surface area contributed by atoms with Crippen LogP contribution in [-0.2, 0) is 9.59 Å². The van der Waals surface area contributed by atoms with Gasteiger partial charge < -0.3 is 20.5 Å². The lowest BCUT2D eigenvalue weighted by Gasteiger charge is -2.11. The molecule has 0 unspecified atom stereocenters. The van der Waals surface area contributed by atoms with Crippen LogP contribution in [-0.4, -0.2) is 39.1 Å². The number of H-pyrrole nitrogens is 1. The van der Waals surface area contributed by atoms with Crippen molar-refractivity contribution in [1.29, 1.82) is 0 Å². The first-order valence-corrected chi connectivity index (χ1v) is 5.26. The molecule has 8 nitrogen and oxygen atoms in total. The van der Waals surface area contributed by atoms with Gasteiger partial charge in [-0.1, -0.05) is 0 Å². The lowest BCUT2D eigenvalue weighted by atomic mass is 10.1. The molecule has 1 rings (SSSR count). The minimum absolute atomic E-state index is 0.276. The van der Waals surface area contributed by atoms with Crippen LogP contribution < -0.4 is 10.7 Å². The van der Waals surface area contributed by atoms with E-state index in [0.29, 0.717) is 5.69 Å². The van der Waals surface area contributed by atoms with Crippen molar-refractivity contribution < 1.29 is 24.6 Å². The Morgan fingerprint density at radius 3 is 2.47 bits per heavy atom. The second kappa shape index (κ2) is 5.80. The molecule has 102 valence electrons. The number of hydrogen-bond acceptors (Lipinski definition) is 4. The molecule has 1 amide bonds. The smallest absolute Gasteiger partial charge is 0.326 e. The van der Waals surface area contributed by atoms with Crippen molar-refractivity contribution in [3.8, 4) is 0 Å². The van der Waals surface area contributed by atoms with Crippen LogP contribution in [0.3, 0.4) is 0 Å². The van der Waals surface area contributed by atoms with Crippen molar-refractivity contribution in [3.05, 3.63) is 33.7 Å². The lowest BCUT2D eigenvalue weighted by Crippen LogP contribution is -2.43. The van der Waals surface area contributed by atoms with Gasteiger partial charge in [-0.3, -0.25) is 14.4 Å². The van der Waals surface area contributed by atoms with Crippen LogP contribution >= 0.6 is 0 Å². The van der Waals surface area contributed by atoms with Crippen molar-refractivity contribution in [2.75, 3.05) is 0 Å². The third kappa shape index (κ3) is 3.95. The zero-order valence-electron chi connectivity index (χ0n) is 9.97. The van der Waals surface area contributed by atoms with Crippen LogP contribution in [0.1, 0.15) is 22.5 Å². The molecule has 0 aliphatic rings. The maximum atomic E-state index is 11.7. The normalized spacial score (nSPS) is 11.6. The van der Waals surface area contributed by atoms with Gasteiger partial charge in [-0.15, -0.1) is 0 Å². The van der Waals surface area contributed by atoms with Gasteiger partial charge in [-0.2, -0.15) is 0 Å². The third-order valence-electron chi connectivity index (χ3n) is 2.28. The average Bonchev–Trinajstić information content (AvgIpc) is 2.26. The van der Waals surface area contributed by atoms with Crippen LogP contribution in [0, 0.1) is 6.92 Å². The van der Waals surface area contributed by atoms with Crippen LogP contribution in [0.15, 0.2) is 17.1 Å². The number of aryl methyl sites for hydroxylation is 1. The van der Waals surface area contributed by atoms with E-state index in [4.69, 9.17) is 10.2 Å². The standard InChI is InChI=1S/C11H12N2O6/c1-5-2-8(14)6(4-12-5)10(17)13-7(11(18)19)3-9(15)16/h2,4,7H,3H2,1H3,(H,12,14)(H,13,17)(H,15,16)(H,18,19)/t7-/m0/s1. The zero-order valence-corrected chi connectivity index (χ0v) is 9.97. The first-order valence-electron chi connectivity index (χ1n) is 5.26.